The molecule has 1 saturated heterocycles. The van der Waals surface area contributed by atoms with Crippen molar-refractivity contribution in [2.45, 2.75) is 26.4 Å². The lowest BCUT2D eigenvalue weighted by Crippen LogP contribution is -2.48. The molecule has 1 aromatic carbocycles. The zero-order valence-electron chi connectivity index (χ0n) is 19.6. The van der Waals surface area contributed by atoms with Gasteiger partial charge < -0.3 is 15.0 Å². The third kappa shape index (κ3) is 5.28. The van der Waals surface area contributed by atoms with E-state index < -0.39 is 6.04 Å². The molecule has 1 aliphatic heterocycles. The summed E-state index contributed by atoms with van der Waals surface area (Å²) in [6, 6.07) is 7.21. The number of benzene rings is 1. The first-order valence-corrected chi connectivity index (χ1v) is 11.3. The van der Waals surface area contributed by atoms with Crippen molar-refractivity contribution < 1.29 is 14.3 Å². The predicted octanol–water partition coefficient (Wildman–Crippen LogP) is 1.99. The topological polar surface area (TPSA) is 113 Å². The van der Waals surface area contributed by atoms with Gasteiger partial charge in [0.1, 0.15) is 23.4 Å². The molecule has 0 saturated carbocycles. The van der Waals surface area contributed by atoms with Crippen LogP contribution in [0.25, 0.3) is 10.9 Å². The summed E-state index contributed by atoms with van der Waals surface area (Å²) < 4.78 is 4.98. The fraction of sp³-hybridized carbons (Fsp3) is 0.417. The van der Waals surface area contributed by atoms with E-state index in [1.54, 1.807) is 11.1 Å². The van der Waals surface area contributed by atoms with Crippen molar-refractivity contribution in [1.29, 1.82) is 0 Å². The van der Waals surface area contributed by atoms with E-state index in [1.165, 1.54) is 19.5 Å². The number of hydrogen-bond donors (Lipinski definition) is 1. The molecule has 0 spiro atoms. The van der Waals surface area contributed by atoms with Crippen molar-refractivity contribution in [3.05, 3.63) is 54.4 Å². The van der Waals surface area contributed by atoms with Gasteiger partial charge in [0, 0.05) is 44.0 Å². The van der Waals surface area contributed by atoms with E-state index in [1.807, 2.05) is 38.1 Å². The van der Waals surface area contributed by atoms with Crippen molar-refractivity contribution >= 4 is 28.6 Å². The standard InChI is InChI=1S/C24H29N7O3/c1-16(2)21(24(33)34-3)29-22-17-6-4-5-7-18(17)27-20(28-22)15-30-10-12-31(13-11-30)23(32)19-14-25-8-9-26-19/h4-9,14,16,21H,10-13,15H2,1-3H3,(H,27,28,29)/t21-/m0/s1. The maximum absolute atomic E-state index is 12.6. The van der Waals surface area contributed by atoms with Crippen LogP contribution in [0.2, 0.25) is 0 Å². The fourth-order valence-electron chi connectivity index (χ4n) is 3.96. The number of anilines is 1. The predicted molar refractivity (Wildman–Crippen MR) is 127 cm³/mol. The molecule has 3 heterocycles. The number of nitrogens with one attached hydrogen (secondary N) is 1. The molecule has 34 heavy (non-hydrogen) atoms. The number of hydrogen-bond acceptors (Lipinski definition) is 9. The SMILES string of the molecule is COC(=O)[C@@H](Nc1nc(CN2CCN(C(=O)c3cnccn3)CC2)nc2ccccc12)C(C)C. The van der Waals surface area contributed by atoms with E-state index in [0.717, 1.165) is 10.9 Å². The Morgan fingerprint density at radius 1 is 1.09 bits per heavy atom. The van der Waals surface area contributed by atoms with Crippen molar-refractivity contribution in [2.24, 2.45) is 5.92 Å². The summed E-state index contributed by atoms with van der Waals surface area (Å²) in [7, 11) is 1.39. The highest BCUT2D eigenvalue weighted by atomic mass is 16.5. The van der Waals surface area contributed by atoms with Gasteiger partial charge in [0.15, 0.2) is 0 Å². The molecule has 1 N–H and O–H groups in total. The Morgan fingerprint density at radius 3 is 2.53 bits per heavy atom. The van der Waals surface area contributed by atoms with Crippen LogP contribution in [0, 0.1) is 5.92 Å². The lowest BCUT2D eigenvalue weighted by Gasteiger charge is -2.34. The molecule has 4 rings (SSSR count). The molecule has 2 aromatic heterocycles. The van der Waals surface area contributed by atoms with Crippen LogP contribution in [0.5, 0.6) is 0 Å². The quantitative estimate of drug-likeness (QED) is 0.526. The van der Waals surface area contributed by atoms with Gasteiger partial charge in [-0.2, -0.15) is 0 Å². The van der Waals surface area contributed by atoms with Crippen molar-refractivity contribution in [3.8, 4) is 0 Å². The van der Waals surface area contributed by atoms with Gasteiger partial charge in [0.05, 0.1) is 25.4 Å². The second-order valence-electron chi connectivity index (χ2n) is 8.55. The Labute approximate surface area is 198 Å². The van der Waals surface area contributed by atoms with Crippen LogP contribution in [-0.4, -0.2) is 80.9 Å². The summed E-state index contributed by atoms with van der Waals surface area (Å²) in [5.41, 5.74) is 1.16. The van der Waals surface area contributed by atoms with Crippen LogP contribution in [0.4, 0.5) is 5.82 Å². The first-order valence-electron chi connectivity index (χ1n) is 11.3. The smallest absolute Gasteiger partial charge is 0.328 e. The Bertz CT molecular complexity index is 1150. The minimum absolute atomic E-state index is 0.0181. The highest BCUT2D eigenvalue weighted by Crippen LogP contribution is 2.23. The monoisotopic (exact) mass is 463 g/mol. The fourth-order valence-corrected chi connectivity index (χ4v) is 3.96. The molecular weight excluding hydrogens is 434 g/mol. The minimum atomic E-state index is -0.521. The van der Waals surface area contributed by atoms with Crippen LogP contribution >= 0.6 is 0 Å². The number of aromatic nitrogens is 4. The normalized spacial score (nSPS) is 15.4. The number of nitrogens with zero attached hydrogens (tertiary/aromatic N) is 6. The average Bonchev–Trinajstić information content (AvgIpc) is 2.87. The molecule has 10 nitrogen and oxygen atoms in total. The molecule has 0 bridgehead atoms. The minimum Gasteiger partial charge on any atom is -0.467 e. The van der Waals surface area contributed by atoms with E-state index in [2.05, 4.69) is 20.2 Å². The molecule has 1 aliphatic rings. The number of piperazine rings is 1. The number of methoxy groups -OCH3 is 1. The number of carbonyl (C=O) groups is 2. The summed E-state index contributed by atoms with van der Waals surface area (Å²) in [5, 5.41) is 4.13. The zero-order chi connectivity index (χ0) is 24.1. The number of para-hydroxylation sites is 1. The first-order chi connectivity index (χ1) is 16.5. The number of ether oxygens (including phenoxy) is 1. The van der Waals surface area contributed by atoms with E-state index in [0.29, 0.717) is 50.1 Å². The second-order valence-corrected chi connectivity index (χ2v) is 8.55. The van der Waals surface area contributed by atoms with Crippen molar-refractivity contribution in [3.63, 3.8) is 0 Å². The molecule has 178 valence electrons. The van der Waals surface area contributed by atoms with Crippen LogP contribution in [0.3, 0.4) is 0 Å². The molecule has 0 radical (unpaired) electrons. The number of fused-ring (bicyclic) bond motifs is 1. The molecule has 3 aromatic rings. The molecule has 1 fully saturated rings. The summed E-state index contributed by atoms with van der Waals surface area (Å²) in [6.07, 6.45) is 4.57. The Kier molecular flexibility index (Phi) is 7.27. The molecule has 0 unspecified atom stereocenters. The molecule has 10 heteroatoms. The van der Waals surface area contributed by atoms with E-state index in [4.69, 9.17) is 14.7 Å². The van der Waals surface area contributed by atoms with Crippen LogP contribution < -0.4 is 5.32 Å². The maximum atomic E-state index is 12.6. The number of amides is 1. The summed E-state index contributed by atoms with van der Waals surface area (Å²) in [5.74, 6) is 0.847. The van der Waals surface area contributed by atoms with Gasteiger partial charge in [-0.15, -0.1) is 0 Å². The Hall–Kier alpha value is -3.66. The number of esters is 1. The second kappa shape index (κ2) is 10.5. The van der Waals surface area contributed by atoms with E-state index in [-0.39, 0.29) is 17.8 Å². The average molecular weight is 464 g/mol. The Balaban J connectivity index is 1.48. The van der Waals surface area contributed by atoms with Crippen LogP contribution in [0.1, 0.15) is 30.2 Å². The summed E-state index contributed by atoms with van der Waals surface area (Å²) in [4.78, 5) is 46.5. The van der Waals surface area contributed by atoms with Gasteiger partial charge in [-0.25, -0.2) is 19.7 Å². The summed E-state index contributed by atoms with van der Waals surface area (Å²) in [6.45, 7) is 7.03. The molecule has 0 aliphatic carbocycles. The maximum Gasteiger partial charge on any atom is 0.328 e. The van der Waals surface area contributed by atoms with Crippen molar-refractivity contribution in [1.82, 2.24) is 29.7 Å². The molecule has 1 atom stereocenters. The highest BCUT2D eigenvalue weighted by Gasteiger charge is 2.26. The Morgan fingerprint density at radius 2 is 1.85 bits per heavy atom. The highest BCUT2D eigenvalue weighted by molar-refractivity contribution is 5.92. The molecule has 1 amide bonds. The van der Waals surface area contributed by atoms with Gasteiger partial charge in [0.25, 0.3) is 5.91 Å². The van der Waals surface area contributed by atoms with Crippen LogP contribution in [-0.2, 0) is 16.1 Å². The van der Waals surface area contributed by atoms with E-state index in [9.17, 15) is 9.59 Å². The van der Waals surface area contributed by atoms with E-state index >= 15 is 0 Å². The molecular formula is C24H29N7O3. The zero-order valence-corrected chi connectivity index (χ0v) is 19.6. The lowest BCUT2D eigenvalue weighted by molar-refractivity contribution is -0.142. The number of carbonyl (C=O) groups excluding carboxylic acids is 2. The van der Waals surface area contributed by atoms with Gasteiger partial charge in [-0.05, 0) is 18.1 Å². The summed E-state index contributed by atoms with van der Waals surface area (Å²) >= 11 is 0. The van der Waals surface area contributed by atoms with Crippen LogP contribution in [0.15, 0.2) is 42.9 Å². The van der Waals surface area contributed by atoms with Gasteiger partial charge in [-0.1, -0.05) is 26.0 Å². The lowest BCUT2D eigenvalue weighted by atomic mass is 10.0. The first kappa shape index (κ1) is 23.5. The van der Waals surface area contributed by atoms with Gasteiger partial charge in [0.2, 0.25) is 0 Å². The van der Waals surface area contributed by atoms with Crippen molar-refractivity contribution in [2.75, 3.05) is 38.6 Å². The third-order valence-corrected chi connectivity index (χ3v) is 5.87. The third-order valence-electron chi connectivity index (χ3n) is 5.87. The largest absolute Gasteiger partial charge is 0.467 e. The van der Waals surface area contributed by atoms with Gasteiger partial charge in [-0.3, -0.25) is 14.7 Å². The number of rotatable bonds is 7. The van der Waals surface area contributed by atoms with Gasteiger partial charge >= 0.3 is 5.97 Å².